The third kappa shape index (κ3) is 3.76. The zero-order chi connectivity index (χ0) is 16.6. The van der Waals surface area contributed by atoms with Gasteiger partial charge in [-0.15, -0.1) is 0 Å². The summed E-state index contributed by atoms with van der Waals surface area (Å²) in [5.41, 5.74) is -0.921. The smallest absolute Gasteiger partial charge is 0.396 e. The fourth-order valence-electron chi connectivity index (χ4n) is 1.56. The van der Waals surface area contributed by atoms with Gasteiger partial charge in [0.05, 0.1) is 5.92 Å². The van der Waals surface area contributed by atoms with Gasteiger partial charge in [-0.2, -0.15) is 30.7 Å². The summed E-state index contributed by atoms with van der Waals surface area (Å²) < 4.78 is 89.8. The molecule has 20 heavy (non-hydrogen) atoms. The Morgan fingerprint density at radius 1 is 1.00 bits per heavy atom. The molecule has 0 saturated heterocycles. The van der Waals surface area contributed by atoms with Crippen LogP contribution in [0.1, 0.15) is 34.1 Å². The van der Waals surface area contributed by atoms with Gasteiger partial charge in [0.1, 0.15) is 0 Å². The van der Waals surface area contributed by atoms with Crippen LogP contribution in [-0.2, 0) is 9.53 Å². The molecular formula is C11H15F7O2. The van der Waals surface area contributed by atoms with E-state index < -0.39 is 35.5 Å². The summed E-state index contributed by atoms with van der Waals surface area (Å²) in [4.78, 5) is 11.4. The third-order valence-electron chi connectivity index (χ3n) is 2.69. The van der Waals surface area contributed by atoms with E-state index in [4.69, 9.17) is 0 Å². The van der Waals surface area contributed by atoms with Crippen molar-refractivity contribution in [3.8, 4) is 0 Å². The molecule has 0 amide bonds. The highest BCUT2D eigenvalue weighted by Crippen LogP contribution is 2.47. The molecule has 0 aliphatic carbocycles. The molecule has 0 aliphatic rings. The molecule has 0 N–H and O–H groups in total. The Bertz CT molecular complexity index is 355. The van der Waals surface area contributed by atoms with Gasteiger partial charge >= 0.3 is 24.2 Å². The predicted molar refractivity (Wildman–Crippen MR) is 55.3 cm³/mol. The number of rotatable bonds is 4. The lowest BCUT2D eigenvalue weighted by Crippen LogP contribution is -2.54. The molecule has 9 heteroatoms. The quantitative estimate of drug-likeness (QED) is 0.568. The number of hydrogen-bond acceptors (Lipinski definition) is 2. The molecule has 0 radical (unpaired) electrons. The van der Waals surface area contributed by atoms with Crippen molar-refractivity contribution in [3.05, 3.63) is 0 Å². The number of hydrogen-bond donors (Lipinski definition) is 0. The minimum atomic E-state index is -6.53. The highest BCUT2D eigenvalue weighted by Gasteiger charge is 2.76. The molecule has 120 valence electrons. The zero-order valence-electron chi connectivity index (χ0n) is 11.2. The van der Waals surface area contributed by atoms with Gasteiger partial charge < -0.3 is 4.74 Å². The first-order valence-corrected chi connectivity index (χ1v) is 5.63. The minimum absolute atomic E-state index is 0.0456. The Morgan fingerprint density at radius 3 is 1.65 bits per heavy atom. The monoisotopic (exact) mass is 312 g/mol. The molecule has 0 aromatic heterocycles. The van der Waals surface area contributed by atoms with Crippen LogP contribution >= 0.6 is 0 Å². The van der Waals surface area contributed by atoms with E-state index in [-0.39, 0.29) is 6.42 Å². The first kappa shape index (κ1) is 19.0. The highest BCUT2D eigenvalue weighted by atomic mass is 19.4. The second-order valence-electron chi connectivity index (χ2n) is 5.34. The maximum atomic E-state index is 12.9. The van der Waals surface area contributed by atoms with Gasteiger partial charge in [-0.1, -0.05) is 27.7 Å². The number of carbonyl (C=O) groups excluding carboxylic acids is 1. The van der Waals surface area contributed by atoms with Gasteiger partial charge in [-0.3, -0.25) is 4.79 Å². The van der Waals surface area contributed by atoms with Crippen molar-refractivity contribution in [2.75, 3.05) is 0 Å². The molecule has 0 fully saturated rings. The second-order valence-corrected chi connectivity index (χ2v) is 5.34. The van der Waals surface area contributed by atoms with E-state index in [2.05, 4.69) is 4.74 Å². The normalized spacial score (nSPS) is 15.9. The largest absolute Gasteiger partial charge is 0.476 e. The molecule has 1 atom stereocenters. The van der Waals surface area contributed by atoms with E-state index in [1.807, 2.05) is 0 Å². The predicted octanol–water partition coefficient (Wildman–Crippen LogP) is 4.39. The van der Waals surface area contributed by atoms with Gasteiger partial charge in [-0.25, -0.2) is 0 Å². The van der Waals surface area contributed by atoms with Crippen LogP contribution in [0.2, 0.25) is 0 Å². The fourth-order valence-corrected chi connectivity index (χ4v) is 1.56. The first-order chi connectivity index (χ1) is 8.58. The highest BCUT2D eigenvalue weighted by molar-refractivity contribution is 5.73. The van der Waals surface area contributed by atoms with Crippen molar-refractivity contribution >= 4 is 5.97 Å². The molecule has 0 aromatic carbocycles. The van der Waals surface area contributed by atoms with E-state index in [0.717, 1.165) is 0 Å². The molecule has 1 unspecified atom stereocenters. The fraction of sp³-hybridized carbons (Fsp3) is 0.909. The van der Waals surface area contributed by atoms with Gasteiger partial charge in [0.2, 0.25) is 0 Å². The summed E-state index contributed by atoms with van der Waals surface area (Å²) in [6.45, 7) is 5.74. The number of carbonyl (C=O) groups is 1. The van der Waals surface area contributed by atoms with Crippen LogP contribution < -0.4 is 0 Å². The second kappa shape index (κ2) is 5.40. The average Bonchev–Trinajstić information content (AvgIpc) is 2.12. The Hall–Kier alpha value is -1.02. The molecule has 0 heterocycles. The molecular weight excluding hydrogens is 297 g/mol. The van der Waals surface area contributed by atoms with Gasteiger partial charge in [-0.05, 0) is 11.8 Å². The zero-order valence-corrected chi connectivity index (χ0v) is 11.2. The Labute approximate surface area is 111 Å². The van der Waals surface area contributed by atoms with Crippen LogP contribution in [0.25, 0.3) is 0 Å². The Balaban J connectivity index is 5.26. The summed E-state index contributed by atoms with van der Waals surface area (Å²) in [6.07, 6.45) is -12.5. The third-order valence-corrected chi connectivity index (χ3v) is 2.69. The first-order valence-electron chi connectivity index (χ1n) is 5.63. The van der Waals surface area contributed by atoms with E-state index >= 15 is 0 Å². The molecule has 0 rings (SSSR count). The van der Waals surface area contributed by atoms with E-state index in [9.17, 15) is 35.5 Å². The summed E-state index contributed by atoms with van der Waals surface area (Å²) in [5, 5.41) is 0. The molecule has 0 aliphatic heterocycles. The van der Waals surface area contributed by atoms with E-state index in [0.29, 0.717) is 0 Å². The van der Waals surface area contributed by atoms with Crippen molar-refractivity contribution in [1.82, 2.24) is 0 Å². The van der Waals surface area contributed by atoms with Crippen molar-refractivity contribution in [2.24, 2.45) is 11.3 Å². The lowest BCUT2D eigenvalue weighted by Gasteiger charge is -2.32. The molecule has 0 spiro atoms. The Morgan fingerprint density at radius 2 is 1.40 bits per heavy atom. The summed E-state index contributed by atoms with van der Waals surface area (Å²) >= 11 is 0. The van der Waals surface area contributed by atoms with Crippen LogP contribution in [0.5, 0.6) is 0 Å². The minimum Gasteiger partial charge on any atom is -0.396 e. The van der Waals surface area contributed by atoms with Crippen molar-refractivity contribution < 1.29 is 40.3 Å². The van der Waals surface area contributed by atoms with Crippen molar-refractivity contribution in [3.63, 3.8) is 0 Å². The molecule has 0 saturated carbocycles. The van der Waals surface area contributed by atoms with Crippen molar-refractivity contribution in [2.45, 2.75) is 52.3 Å². The van der Waals surface area contributed by atoms with Gasteiger partial charge in [0.25, 0.3) is 0 Å². The van der Waals surface area contributed by atoms with Gasteiger partial charge in [0.15, 0.2) is 0 Å². The van der Waals surface area contributed by atoms with E-state index in [1.165, 1.54) is 27.7 Å². The lowest BCUT2D eigenvalue weighted by atomic mass is 9.79. The van der Waals surface area contributed by atoms with Crippen molar-refractivity contribution in [1.29, 1.82) is 0 Å². The summed E-state index contributed by atoms with van der Waals surface area (Å²) in [5.74, 6) is -9.49. The molecule has 2 nitrogen and oxygen atoms in total. The maximum absolute atomic E-state index is 12.9. The molecule has 0 bridgehead atoms. The molecule has 0 aromatic rings. The van der Waals surface area contributed by atoms with E-state index in [1.54, 1.807) is 0 Å². The summed E-state index contributed by atoms with van der Waals surface area (Å²) in [6, 6.07) is 0. The van der Waals surface area contributed by atoms with Crippen LogP contribution in [0.15, 0.2) is 0 Å². The number of ether oxygens (including phenoxy) is 1. The number of halogens is 7. The van der Waals surface area contributed by atoms with Crippen LogP contribution in [0, 0.1) is 11.3 Å². The summed E-state index contributed by atoms with van der Waals surface area (Å²) in [7, 11) is 0. The lowest BCUT2D eigenvalue weighted by molar-refractivity contribution is -0.413. The Kier molecular flexibility index (Phi) is 5.13. The van der Waals surface area contributed by atoms with Crippen LogP contribution in [-0.4, -0.2) is 24.2 Å². The van der Waals surface area contributed by atoms with Gasteiger partial charge in [0, 0.05) is 0 Å². The SMILES string of the molecule is CCC(C(=O)OC(F)(F)C(F)(F)C(F)(F)F)C(C)(C)C. The average molecular weight is 312 g/mol. The number of esters is 1. The topological polar surface area (TPSA) is 26.3 Å². The maximum Gasteiger partial charge on any atom is 0.476 e. The standard InChI is InChI=1S/C11H15F7O2/c1-5-6(8(2,3)4)7(19)20-11(17,18)9(12,13)10(14,15)16/h6H,5H2,1-4H3. The van der Waals surface area contributed by atoms with Crippen LogP contribution in [0.3, 0.4) is 0 Å². The van der Waals surface area contributed by atoms with Crippen LogP contribution in [0.4, 0.5) is 30.7 Å². The number of alkyl halides is 7.